The fourth-order valence-electron chi connectivity index (χ4n) is 3.73. The van der Waals surface area contributed by atoms with E-state index < -0.39 is 5.82 Å². The van der Waals surface area contributed by atoms with Crippen LogP contribution in [0.25, 0.3) is 10.9 Å². The Hall–Kier alpha value is -3.22. The van der Waals surface area contributed by atoms with Gasteiger partial charge in [0.05, 0.1) is 17.5 Å². The quantitative estimate of drug-likeness (QED) is 0.672. The van der Waals surface area contributed by atoms with Gasteiger partial charge in [0.15, 0.2) is 5.82 Å². The molecule has 1 saturated heterocycles. The van der Waals surface area contributed by atoms with E-state index in [-0.39, 0.29) is 17.3 Å². The normalized spacial score (nSPS) is 16.7. The lowest BCUT2D eigenvalue weighted by Crippen LogP contribution is -2.42. The fourth-order valence-corrected chi connectivity index (χ4v) is 3.73. The lowest BCUT2D eigenvalue weighted by atomic mass is 9.96. The Morgan fingerprint density at radius 1 is 1.21 bits per heavy atom. The van der Waals surface area contributed by atoms with Crippen LogP contribution < -0.4 is 9.64 Å². The Kier molecular flexibility index (Phi) is 5.29. The highest BCUT2D eigenvalue weighted by molar-refractivity contribution is 5.84. The molecule has 150 valence electrons. The number of carbonyl (C=O) groups is 1. The Morgan fingerprint density at radius 3 is 2.76 bits per heavy atom. The molecule has 0 saturated carbocycles. The number of rotatable bonds is 4. The van der Waals surface area contributed by atoms with Crippen LogP contribution in [0.3, 0.4) is 0 Å². The molecule has 0 N–H and O–H groups in total. The summed E-state index contributed by atoms with van der Waals surface area (Å²) < 4.78 is 19.8. The molecule has 3 heterocycles. The smallest absolute Gasteiger partial charge is 0.226 e. The standard InChI is InChI=1S/C22H23FN4O2/c1-26(2)22(28)15-4-3-11-27(14-15)16-5-7-17(8-6-16)29-20-9-10-25-21-18(20)12-24-13-19(21)23/h5-10,12-13,15H,3-4,11,14H2,1-2H3/t15-/m1/s1. The van der Waals surface area contributed by atoms with Crippen molar-refractivity contribution >= 4 is 22.5 Å². The van der Waals surface area contributed by atoms with Crippen LogP contribution in [0.15, 0.2) is 48.9 Å². The topological polar surface area (TPSA) is 58.6 Å². The number of benzene rings is 1. The van der Waals surface area contributed by atoms with E-state index in [0.717, 1.165) is 37.8 Å². The number of hydrogen-bond donors (Lipinski definition) is 0. The number of piperidine rings is 1. The number of ether oxygens (including phenoxy) is 1. The molecule has 0 spiro atoms. The van der Waals surface area contributed by atoms with Gasteiger partial charge < -0.3 is 14.5 Å². The van der Waals surface area contributed by atoms with Crippen molar-refractivity contribution < 1.29 is 13.9 Å². The second-order valence-corrected chi connectivity index (χ2v) is 7.44. The molecular weight excluding hydrogens is 371 g/mol. The molecular formula is C22H23FN4O2. The molecule has 1 amide bonds. The van der Waals surface area contributed by atoms with Crippen molar-refractivity contribution in [1.82, 2.24) is 14.9 Å². The first kappa shape index (κ1) is 19.1. The second-order valence-electron chi connectivity index (χ2n) is 7.44. The van der Waals surface area contributed by atoms with E-state index in [9.17, 15) is 9.18 Å². The number of pyridine rings is 2. The van der Waals surface area contributed by atoms with Gasteiger partial charge in [0.25, 0.3) is 0 Å². The molecule has 1 atom stereocenters. The highest BCUT2D eigenvalue weighted by Gasteiger charge is 2.27. The number of nitrogens with zero attached hydrogens (tertiary/aromatic N) is 4. The molecule has 0 aliphatic carbocycles. The highest BCUT2D eigenvalue weighted by atomic mass is 19.1. The SMILES string of the molecule is CN(C)C(=O)[C@@H]1CCCN(c2ccc(Oc3ccnc4c(F)cncc34)cc2)C1. The lowest BCUT2D eigenvalue weighted by Gasteiger charge is -2.34. The first-order valence-electron chi connectivity index (χ1n) is 9.65. The number of fused-ring (bicyclic) bond motifs is 1. The van der Waals surface area contributed by atoms with Gasteiger partial charge in [-0.3, -0.25) is 14.8 Å². The molecule has 6 nitrogen and oxygen atoms in total. The van der Waals surface area contributed by atoms with Crippen molar-refractivity contribution in [2.24, 2.45) is 5.92 Å². The van der Waals surface area contributed by atoms with Gasteiger partial charge in [-0.05, 0) is 43.2 Å². The summed E-state index contributed by atoms with van der Waals surface area (Å²) in [6.07, 6.45) is 6.12. The molecule has 1 aliphatic rings. The summed E-state index contributed by atoms with van der Waals surface area (Å²) in [6, 6.07) is 9.43. The summed E-state index contributed by atoms with van der Waals surface area (Å²) in [5.41, 5.74) is 1.29. The van der Waals surface area contributed by atoms with Gasteiger partial charge >= 0.3 is 0 Å². The van der Waals surface area contributed by atoms with Crippen molar-refractivity contribution in [2.75, 3.05) is 32.1 Å². The number of halogens is 1. The molecule has 1 aromatic carbocycles. The Bertz CT molecular complexity index is 1020. The molecule has 7 heteroatoms. The number of carbonyl (C=O) groups excluding carboxylic acids is 1. The molecule has 3 aromatic rings. The van der Waals surface area contributed by atoms with E-state index in [1.54, 1.807) is 31.3 Å². The van der Waals surface area contributed by atoms with Crippen molar-refractivity contribution in [3.8, 4) is 11.5 Å². The minimum Gasteiger partial charge on any atom is -0.457 e. The fraction of sp³-hybridized carbons (Fsp3) is 0.318. The minimum absolute atomic E-state index is 0.0280. The number of amides is 1. The zero-order valence-electron chi connectivity index (χ0n) is 16.5. The monoisotopic (exact) mass is 394 g/mol. The van der Waals surface area contributed by atoms with E-state index >= 15 is 0 Å². The van der Waals surface area contributed by atoms with Crippen molar-refractivity contribution in [3.05, 3.63) is 54.7 Å². The summed E-state index contributed by atoms with van der Waals surface area (Å²) in [6.45, 7) is 1.65. The maximum atomic E-state index is 13.9. The highest BCUT2D eigenvalue weighted by Crippen LogP contribution is 2.31. The van der Waals surface area contributed by atoms with Crippen molar-refractivity contribution in [2.45, 2.75) is 12.8 Å². The van der Waals surface area contributed by atoms with E-state index in [1.165, 1.54) is 6.20 Å². The molecule has 29 heavy (non-hydrogen) atoms. The molecule has 1 aliphatic heterocycles. The predicted molar refractivity (Wildman–Crippen MR) is 110 cm³/mol. The van der Waals surface area contributed by atoms with Gasteiger partial charge in [-0.15, -0.1) is 0 Å². The van der Waals surface area contributed by atoms with Gasteiger partial charge in [-0.25, -0.2) is 4.39 Å². The summed E-state index contributed by atoms with van der Waals surface area (Å²) in [5.74, 6) is 0.878. The van der Waals surface area contributed by atoms with Crippen LogP contribution in [0, 0.1) is 11.7 Å². The van der Waals surface area contributed by atoms with E-state index in [0.29, 0.717) is 16.9 Å². The maximum Gasteiger partial charge on any atom is 0.226 e. The van der Waals surface area contributed by atoms with Crippen LogP contribution in [0.1, 0.15) is 12.8 Å². The van der Waals surface area contributed by atoms with Crippen LogP contribution in [0.5, 0.6) is 11.5 Å². The Balaban J connectivity index is 1.50. The molecule has 0 radical (unpaired) electrons. The van der Waals surface area contributed by atoms with Gasteiger partial charge in [0, 0.05) is 45.3 Å². The first-order valence-corrected chi connectivity index (χ1v) is 9.65. The molecule has 0 unspecified atom stereocenters. The zero-order valence-corrected chi connectivity index (χ0v) is 16.5. The predicted octanol–water partition coefficient (Wildman–Crippen LogP) is 3.87. The van der Waals surface area contributed by atoms with Crippen molar-refractivity contribution in [1.29, 1.82) is 0 Å². The molecule has 1 fully saturated rings. The minimum atomic E-state index is -0.477. The third-order valence-corrected chi connectivity index (χ3v) is 5.21. The third-order valence-electron chi connectivity index (χ3n) is 5.21. The van der Waals surface area contributed by atoms with Crippen molar-refractivity contribution in [3.63, 3.8) is 0 Å². The molecule has 0 bridgehead atoms. The number of anilines is 1. The zero-order chi connectivity index (χ0) is 20.4. The average molecular weight is 394 g/mol. The van der Waals surface area contributed by atoms with Gasteiger partial charge in [0.1, 0.15) is 17.0 Å². The average Bonchev–Trinajstić information content (AvgIpc) is 2.74. The van der Waals surface area contributed by atoms with Crippen LogP contribution in [0.4, 0.5) is 10.1 Å². The summed E-state index contributed by atoms with van der Waals surface area (Å²) in [4.78, 5) is 24.2. The summed E-state index contributed by atoms with van der Waals surface area (Å²) in [5, 5.41) is 0.526. The molecule has 2 aromatic heterocycles. The van der Waals surface area contributed by atoms with E-state index in [4.69, 9.17) is 4.74 Å². The first-order chi connectivity index (χ1) is 14.0. The molecule has 4 rings (SSSR count). The van der Waals surface area contributed by atoms with Crippen LogP contribution in [0.2, 0.25) is 0 Å². The maximum absolute atomic E-state index is 13.9. The summed E-state index contributed by atoms with van der Waals surface area (Å²) in [7, 11) is 3.61. The Morgan fingerprint density at radius 2 is 2.00 bits per heavy atom. The lowest BCUT2D eigenvalue weighted by molar-refractivity contribution is -0.133. The summed E-state index contributed by atoms with van der Waals surface area (Å²) >= 11 is 0. The Labute approximate surface area is 168 Å². The van der Waals surface area contributed by atoms with Gasteiger partial charge in [-0.2, -0.15) is 0 Å². The number of aromatic nitrogens is 2. The second kappa shape index (κ2) is 8.03. The van der Waals surface area contributed by atoms with Gasteiger partial charge in [0.2, 0.25) is 5.91 Å². The van der Waals surface area contributed by atoms with Crippen LogP contribution >= 0.6 is 0 Å². The van der Waals surface area contributed by atoms with Crippen LogP contribution in [-0.4, -0.2) is 48.0 Å². The third kappa shape index (κ3) is 3.99. The number of hydrogen-bond acceptors (Lipinski definition) is 5. The largest absolute Gasteiger partial charge is 0.457 e. The van der Waals surface area contributed by atoms with Crippen LogP contribution in [-0.2, 0) is 4.79 Å². The van der Waals surface area contributed by atoms with E-state index in [1.807, 2.05) is 24.3 Å². The van der Waals surface area contributed by atoms with Gasteiger partial charge in [-0.1, -0.05) is 0 Å². The van der Waals surface area contributed by atoms with E-state index in [2.05, 4.69) is 14.9 Å².